The number of carbonyl (C=O) groups is 4. The van der Waals surface area contributed by atoms with Crippen molar-refractivity contribution in [1.82, 2.24) is 36.2 Å². The average molecular weight is 668 g/mol. The van der Waals surface area contributed by atoms with Crippen molar-refractivity contribution in [3.05, 3.63) is 78.4 Å². The Morgan fingerprint density at radius 1 is 0.898 bits per heavy atom. The number of carboxylic acid groups (broad SMARTS) is 1. The number of likely N-dealkylation sites (N-methyl/N-ethyl adjacent to an activating group) is 1. The minimum atomic E-state index is -1.05. The summed E-state index contributed by atoms with van der Waals surface area (Å²) in [5.74, 6) is -0.340. The van der Waals surface area contributed by atoms with Gasteiger partial charge >= 0.3 is 6.09 Å². The van der Waals surface area contributed by atoms with Crippen LogP contribution in [-0.2, 0) is 20.8 Å². The number of benzene rings is 3. The summed E-state index contributed by atoms with van der Waals surface area (Å²) in [6.45, 7) is 0.623. The fourth-order valence-corrected chi connectivity index (χ4v) is 5.95. The van der Waals surface area contributed by atoms with Gasteiger partial charge in [0.1, 0.15) is 6.04 Å². The zero-order valence-electron chi connectivity index (χ0n) is 27.5. The molecule has 49 heavy (non-hydrogen) atoms. The van der Waals surface area contributed by atoms with Crippen molar-refractivity contribution in [2.24, 2.45) is 11.8 Å². The van der Waals surface area contributed by atoms with Gasteiger partial charge in [-0.05, 0) is 92.4 Å². The molecule has 0 unspecified atom stereocenters. The Morgan fingerprint density at radius 3 is 2.24 bits per heavy atom. The van der Waals surface area contributed by atoms with Gasteiger partial charge in [0.25, 0.3) is 0 Å². The number of nitrogens with zero attached hydrogens (tertiary/aromatic N) is 4. The van der Waals surface area contributed by atoms with Gasteiger partial charge in [-0.3, -0.25) is 14.4 Å². The van der Waals surface area contributed by atoms with Crippen LogP contribution in [0.5, 0.6) is 0 Å². The molecule has 4 amide bonds. The molecule has 0 saturated heterocycles. The lowest BCUT2D eigenvalue weighted by atomic mass is 9.81. The summed E-state index contributed by atoms with van der Waals surface area (Å²) >= 11 is 0. The Bertz CT molecular complexity index is 1720. The van der Waals surface area contributed by atoms with Gasteiger partial charge in [-0.25, -0.2) is 4.79 Å². The van der Waals surface area contributed by atoms with E-state index in [4.69, 9.17) is 5.11 Å². The standard InChI is InChI=1S/C35H41N9O5/c1-44(2)21-31(45)38-29-6-4-3-5-28(29)24-11-7-22(8-12-24)19-30(39-33(46)26-13-9-23(10-14-26)20-36-35(48)49)34(47)37-27-17-15-25(16-18-27)32-40-42-43-41-32/h3-8,11-12,15-18,23,26,30,36H,9-10,13-14,19-21H2,1-2H3,(H,37,47)(H,38,45)(H,39,46)(H,48,49)(H,40,41,42,43)/t23-,26-,30-/m0/s1. The molecule has 5 rings (SSSR count). The van der Waals surface area contributed by atoms with Crippen LogP contribution < -0.4 is 21.3 Å². The fourth-order valence-electron chi connectivity index (χ4n) is 5.95. The van der Waals surface area contributed by atoms with Crippen LogP contribution in [0.4, 0.5) is 16.2 Å². The van der Waals surface area contributed by atoms with Gasteiger partial charge in [-0.1, -0.05) is 42.5 Å². The number of H-pyrrole nitrogens is 1. The molecule has 0 bridgehead atoms. The van der Waals surface area contributed by atoms with Crippen molar-refractivity contribution in [3.8, 4) is 22.5 Å². The Labute approximate surface area is 284 Å². The van der Waals surface area contributed by atoms with Gasteiger partial charge in [0, 0.05) is 41.4 Å². The molecule has 1 heterocycles. The molecule has 256 valence electrons. The van der Waals surface area contributed by atoms with Gasteiger partial charge in [-0.2, -0.15) is 5.21 Å². The SMILES string of the molecule is CN(C)CC(=O)Nc1ccccc1-c1ccc(C[C@H](NC(=O)[C@H]2CC[C@H](CNC(=O)O)CC2)C(=O)Nc2ccc(-c3nn[nH]n3)cc2)cc1. The molecule has 3 aromatic carbocycles. The first-order chi connectivity index (χ1) is 23.6. The smallest absolute Gasteiger partial charge is 0.404 e. The second-order valence-electron chi connectivity index (χ2n) is 12.5. The number of para-hydroxylation sites is 1. The molecule has 1 aromatic heterocycles. The van der Waals surface area contributed by atoms with Gasteiger partial charge in [0.15, 0.2) is 0 Å². The molecule has 1 aliphatic rings. The first-order valence-corrected chi connectivity index (χ1v) is 16.2. The predicted octanol–water partition coefficient (Wildman–Crippen LogP) is 3.77. The maximum absolute atomic E-state index is 13.7. The number of rotatable bonds is 13. The van der Waals surface area contributed by atoms with Gasteiger partial charge in [0.05, 0.1) is 6.54 Å². The Kier molecular flexibility index (Phi) is 11.7. The molecule has 0 radical (unpaired) electrons. The van der Waals surface area contributed by atoms with E-state index in [1.165, 1.54) is 0 Å². The van der Waals surface area contributed by atoms with E-state index in [0.29, 0.717) is 36.6 Å². The molecular weight excluding hydrogens is 626 g/mol. The highest BCUT2D eigenvalue weighted by atomic mass is 16.4. The quantitative estimate of drug-likeness (QED) is 0.123. The third kappa shape index (κ3) is 9.93. The molecule has 1 fully saturated rings. The highest BCUT2D eigenvalue weighted by molar-refractivity contribution is 5.98. The van der Waals surface area contributed by atoms with Gasteiger partial charge in [-0.15, -0.1) is 10.2 Å². The minimum absolute atomic E-state index is 0.117. The van der Waals surface area contributed by atoms with Crippen LogP contribution in [0, 0.1) is 11.8 Å². The first-order valence-electron chi connectivity index (χ1n) is 16.2. The van der Waals surface area contributed by atoms with Crippen LogP contribution in [-0.4, -0.2) is 87.7 Å². The van der Waals surface area contributed by atoms with Crippen LogP contribution >= 0.6 is 0 Å². The number of hydrogen-bond acceptors (Lipinski definition) is 8. The summed E-state index contributed by atoms with van der Waals surface area (Å²) in [6.07, 6.45) is 1.87. The maximum Gasteiger partial charge on any atom is 0.404 e. The Hall–Kier alpha value is -5.63. The number of tetrazole rings is 1. The van der Waals surface area contributed by atoms with Gasteiger partial charge in [0.2, 0.25) is 23.5 Å². The van der Waals surface area contributed by atoms with Crippen molar-refractivity contribution in [2.45, 2.75) is 38.1 Å². The van der Waals surface area contributed by atoms with Gasteiger partial charge < -0.3 is 31.3 Å². The molecule has 1 aliphatic carbocycles. The molecule has 4 aromatic rings. The van der Waals surface area contributed by atoms with E-state index < -0.39 is 12.1 Å². The second-order valence-corrected chi connectivity index (χ2v) is 12.5. The van der Waals surface area contributed by atoms with Crippen molar-refractivity contribution in [1.29, 1.82) is 0 Å². The topological polar surface area (TPSA) is 194 Å². The monoisotopic (exact) mass is 667 g/mol. The van der Waals surface area contributed by atoms with Crippen molar-refractivity contribution >= 4 is 35.2 Å². The molecule has 14 heteroatoms. The molecule has 14 nitrogen and oxygen atoms in total. The summed E-state index contributed by atoms with van der Waals surface area (Å²) in [5.41, 5.74) is 4.57. The molecule has 1 saturated carbocycles. The largest absolute Gasteiger partial charge is 0.465 e. The van der Waals surface area contributed by atoms with Crippen molar-refractivity contribution in [2.75, 3.05) is 37.8 Å². The molecule has 0 aliphatic heterocycles. The van der Waals surface area contributed by atoms with E-state index in [-0.39, 0.29) is 42.5 Å². The molecule has 0 spiro atoms. The number of aromatic nitrogens is 4. The number of hydrogen-bond donors (Lipinski definition) is 6. The normalized spacial score (nSPS) is 16.4. The van der Waals surface area contributed by atoms with Crippen LogP contribution in [0.25, 0.3) is 22.5 Å². The first kappa shape index (κ1) is 34.7. The second kappa shape index (κ2) is 16.5. The van der Waals surface area contributed by atoms with E-state index in [9.17, 15) is 19.2 Å². The third-order valence-electron chi connectivity index (χ3n) is 8.51. The van der Waals surface area contributed by atoms with E-state index in [2.05, 4.69) is 41.9 Å². The molecule has 6 N–H and O–H groups in total. The zero-order valence-corrected chi connectivity index (χ0v) is 27.5. The van der Waals surface area contributed by atoms with E-state index >= 15 is 0 Å². The van der Waals surface area contributed by atoms with Crippen molar-refractivity contribution in [3.63, 3.8) is 0 Å². The fraction of sp³-hybridized carbons (Fsp3) is 0.343. The van der Waals surface area contributed by atoms with Crippen molar-refractivity contribution < 1.29 is 24.3 Å². The Balaban J connectivity index is 1.29. The maximum atomic E-state index is 13.7. The lowest BCUT2D eigenvalue weighted by molar-refractivity contribution is -0.130. The van der Waals surface area contributed by atoms with Crippen LogP contribution in [0.2, 0.25) is 0 Å². The van der Waals surface area contributed by atoms with Crippen LogP contribution in [0.3, 0.4) is 0 Å². The highest BCUT2D eigenvalue weighted by Gasteiger charge is 2.30. The lowest BCUT2D eigenvalue weighted by Gasteiger charge is -2.29. The summed E-state index contributed by atoms with van der Waals surface area (Å²) in [5, 5.41) is 34.2. The summed E-state index contributed by atoms with van der Waals surface area (Å²) in [7, 11) is 3.67. The number of anilines is 2. The summed E-state index contributed by atoms with van der Waals surface area (Å²) in [4.78, 5) is 52.3. The van der Waals surface area contributed by atoms with E-state index in [1.807, 2.05) is 62.6 Å². The zero-order chi connectivity index (χ0) is 34.8. The number of carbonyl (C=O) groups excluding carboxylic acids is 3. The number of aromatic amines is 1. The van der Waals surface area contributed by atoms with E-state index in [0.717, 1.165) is 35.1 Å². The van der Waals surface area contributed by atoms with E-state index in [1.54, 1.807) is 29.2 Å². The summed E-state index contributed by atoms with van der Waals surface area (Å²) in [6, 6.07) is 21.4. The Morgan fingerprint density at radius 2 is 1.59 bits per heavy atom. The predicted molar refractivity (Wildman–Crippen MR) is 184 cm³/mol. The average Bonchev–Trinajstić information content (AvgIpc) is 3.63. The third-order valence-corrected chi connectivity index (χ3v) is 8.51. The summed E-state index contributed by atoms with van der Waals surface area (Å²) < 4.78 is 0. The van der Waals surface area contributed by atoms with Crippen LogP contribution in [0.1, 0.15) is 31.2 Å². The number of amides is 4. The highest BCUT2D eigenvalue weighted by Crippen LogP contribution is 2.30. The van der Waals surface area contributed by atoms with Crippen LogP contribution in [0.15, 0.2) is 72.8 Å². The molecular formula is C35H41N9O5. The lowest BCUT2D eigenvalue weighted by Crippen LogP contribution is -2.48. The number of nitrogens with one attached hydrogen (secondary N) is 5. The minimum Gasteiger partial charge on any atom is -0.465 e. The molecule has 1 atom stereocenters.